The largest absolute Gasteiger partial charge is 0.0776 e. The van der Waals surface area contributed by atoms with Crippen molar-refractivity contribution < 1.29 is 0 Å². The van der Waals surface area contributed by atoms with Gasteiger partial charge < -0.3 is 0 Å². The topological polar surface area (TPSA) is 0 Å². The Morgan fingerprint density at radius 1 is 0.194 bits per heavy atom. The standard InChI is InChI=1S/C11H24.C10H22.C9H20.CH4/c1-3-5-7-9-11-10-8-6-4-2;1-3-5-7-9-10-8-6-4-2;1-3-5-7-9-8-6-4-2;/h3-11H2,1-2H3;3-10H2,1-2H3;3-9H2,1-2H3;1H4. The minimum Gasteiger partial charge on any atom is -0.0776 e. The van der Waals surface area contributed by atoms with Gasteiger partial charge in [-0.1, -0.05) is 203 Å². The van der Waals surface area contributed by atoms with Crippen LogP contribution in [0.4, 0.5) is 0 Å². The molecule has 0 aromatic rings. The van der Waals surface area contributed by atoms with Crippen molar-refractivity contribution in [2.75, 3.05) is 0 Å². The molecule has 0 aromatic carbocycles. The average molecular weight is 443 g/mol. The highest BCUT2D eigenvalue weighted by Gasteiger charge is 1.89. The summed E-state index contributed by atoms with van der Waals surface area (Å²) in [4.78, 5) is 0. The Morgan fingerprint density at radius 2 is 0.290 bits per heavy atom. The first-order valence-electron chi connectivity index (χ1n) is 14.7. The maximum atomic E-state index is 2.27. The van der Waals surface area contributed by atoms with Gasteiger partial charge in [-0.15, -0.1) is 0 Å². The Hall–Kier alpha value is 0. The summed E-state index contributed by atoms with van der Waals surface area (Å²) in [6.45, 7) is 13.6. The van der Waals surface area contributed by atoms with Crippen LogP contribution in [-0.4, -0.2) is 0 Å². The van der Waals surface area contributed by atoms with Crippen LogP contribution in [0.1, 0.15) is 203 Å². The molecule has 0 radical (unpaired) electrons. The first kappa shape index (κ1) is 38.3. The van der Waals surface area contributed by atoms with E-state index in [4.69, 9.17) is 0 Å². The van der Waals surface area contributed by atoms with Crippen molar-refractivity contribution in [1.29, 1.82) is 0 Å². The molecule has 0 nitrogen and oxygen atoms in total. The lowest BCUT2D eigenvalue weighted by atomic mass is 10.1. The quantitative estimate of drug-likeness (QED) is 0.155. The molecular weight excluding hydrogens is 372 g/mol. The molecule has 0 rings (SSSR count). The van der Waals surface area contributed by atoms with E-state index in [1.54, 1.807) is 0 Å². The molecule has 0 amide bonds. The van der Waals surface area contributed by atoms with Crippen LogP contribution in [-0.2, 0) is 0 Å². The smallest absolute Gasteiger partial charge is 0.0533 e. The van der Waals surface area contributed by atoms with Gasteiger partial charge >= 0.3 is 0 Å². The Bertz CT molecular complexity index is 198. The Balaban J connectivity index is -0.000000174. The van der Waals surface area contributed by atoms with Gasteiger partial charge in [0.1, 0.15) is 0 Å². The zero-order chi connectivity index (χ0) is 23.0. The Morgan fingerprint density at radius 3 is 0.387 bits per heavy atom. The minimum atomic E-state index is 0. The molecule has 0 bridgehead atoms. The summed E-state index contributed by atoms with van der Waals surface area (Å²) in [5.74, 6) is 0. The van der Waals surface area contributed by atoms with Crippen LogP contribution in [0, 0.1) is 0 Å². The van der Waals surface area contributed by atoms with E-state index in [0.717, 1.165) is 0 Å². The van der Waals surface area contributed by atoms with Crippen LogP contribution in [0.3, 0.4) is 0 Å². The fourth-order valence-corrected chi connectivity index (χ4v) is 3.62. The normalized spacial score (nSPS) is 9.87. The zero-order valence-electron chi connectivity index (χ0n) is 23.0. The summed E-state index contributed by atoms with van der Waals surface area (Å²) in [5.41, 5.74) is 0. The van der Waals surface area contributed by atoms with Gasteiger partial charge in [-0.05, 0) is 0 Å². The van der Waals surface area contributed by atoms with Crippen LogP contribution in [0.15, 0.2) is 0 Å². The lowest BCUT2D eigenvalue weighted by Gasteiger charge is -1.98. The lowest BCUT2D eigenvalue weighted by Crippen LogP contribution is -1.79. The number of rotatable bonds is 21. The SMILES string of the molecule is C.CCCCCCCCC.CCCCCCCCCC.CCCCCCCCCCC. The van der Waals surface area contributed by atoms with Crippen molar-refractivity contribution in [3.05, 3.63) is 0 Å². The minimum absolute atomic E-state index is 0. The summed E-state index contributed by atoms with van der Waals surface area (Å²) in [7, 11) is 0. The summed E-state index contributed by atoms with van der Waals surface area (Å²) >= 11 is 0. The number of hydrogen-bond acceptors (Lipinski definition) is 0. The molecule has 0 spiro atoms. The molecule has 0 aliphatic rings. The monoisotopic (exact) mass is 443 g/mol. The molecule has 0 fully saturated rings. The molecule has 194 valence electrons. The van der Waals surface area contributed by atoms with Gasteiger partial charge in [0.25, 0.3) is 0 Å². The lowest BCUT2D eigenvalue weighted by molar-refractivity contribution is 0.572. The maximum absolute atomic E-state index is 2.27. The van der Waals surface area contributed by atoms with E-state index in [-0.39, 0.29) is 7.43 Å². The molecule has 0 saturated heterocycles. The zero-order valence-corrected chi connectivity index (χ0v) is 23.0. The fraction of sp³-hybridized carbons (Fsp3) is 1.00. The molecular formula is C31H70. The van der Waals surface area contributed by atoms with Gasteiger partial charge in [0, 0.05) is 0 Å². The molecule has 0 unspecified atom stereocenters. The van der Waals surface area contributed by atoms with Crippen molar-refractivity contribution in [3.8, 4) is 0 Å². The van der Waals surface area contributed by atoms with E-state index in [0.29, 0.717) is 0 Å². The van der Waals surface area contributed by atoms with Crippen molar-refractivity contribution >= 4 is 0 Å². The number of unbranched alkanes of at least 4 members (excludes halogenated alkanes) is 21. The van der Waals surface area contributed by atoms with E-state index in [1.807, 2.05) is 0 Å². The second kappa shape index (κ2) is 43.8. The van der Waals surface area contributed by atoms with E-state index < -0.39 is 0 Å². The van der Waals surface area contributed by atoms with Gasteiger partial charge in [0.15, 0.2) is 0 Å². The van der Waals surface area contributed by atoms with E-state index >= 15 is 0 Å². The van der Waals surface area contributed by atoms with Gasteiger partial charge in [-0.3, -0.25) is 0 Å². The highest BCUT2D eigenvalue weighted by molar-refractivity contribution is 4.45. The third-order valence-electron chi connectivity index (χ3n) is 5.87. The van der Waals surface area contributed by atoms with Crippen LogP contribution in [0.5, 0.6) is 0 Å². The second-order valence-electron chi connectivity index (χ2n) is 9.36. The van der Waals surface area contributed by atoms with Crippen LogP contribution >= 0.6 is 0 Å². The van der Waals surface area contributed by atoms with Gasteiger partial charge in [-0.2, -0.15) is 0 Å². The molecule has 0 aliphatic carbocycles. The first-order chi connectivity index (χ1) is 14.7. The summed E-state index contributed by atoms with van der Waals surface area (Å²) in [5, 5.41) is 0. The molecule has 0 saturated carbocycles. The molecule has 31 heavy (non-hydrogen) atoms. The molecule has 0 atom stereocenters. The Kier molecular flexibility index (Phi) is 54.1. The van der Waals surface area contributed by atoms with Crippen LogP contribution < -0.4 is 0 Å². The third-order valence-corrected chi connectivity index (χ3v) is 5.87. The van der Waals surface area contributed by atoms with Gasteiger partial charge in [0.2, 0.25) is 0 Å². The van der Waals surface area contributed by atoms with Crippen molar-refractivity contribution in [2.45, 2.75) is 203 Å². The van der Waals surface area contributed by atoms with Crippen molar-refractivity contribution in [3.63, 3.8) is 0 Å². The van der Waals surface area contributed by atoms with Crippen molar-refractivity contribution in [2.24, 2.45) is 0 Å². The third kappa shape index (κ3) is 53.3. The molecule has 0 aliphatic heterocycles. The summed E-state index contributed by atoms with van der Waals surface area (Å²) in [6.07, 6.45) is 34.4. The van der Waals surface area contributed by atoms with E-state index in [1.165, 1.54) is 154 Å². The summed E-state index contributed by atoms with van der Waals surface area (Å²) in [6, 6.07) is 0. The predicted molar refractivity (Wildman–Crippen MR) is 152 cm³/mol. The Labute approximate surface area is 203 Å². The number of hydrogen-bond donors (Lipinski definition) is 0. The highest BCUT2D eigenvalue weighted by atomic mass is 14.0. The van der Waals surface area contributed by atoms with Gasteiger partial charge in [0.05, 0.1) is 0 Å². The molecule has 0 heteroatoms. The molecule has 0 heterocycles. The van der Waals surface area contributed by atoms with Crippen molar-refractivity contribution in [1.82, 2.24) is 0 Å². The molecule has 0 N–H and O–H groups in total. The van der Waals surface area contributed by atoms with Crippen LogP contribution in [0.2, 0.25) is 0 Å². The van der Waals surface area contributed by atoms with Crippen LogP contribution in [0.25, 0.3) is 0 Å². The summed E-state index contributed by atoms with van der Waals surface area (Å²) < 4.78 is 0. The average Bonchev–Trinajstić information content (AvgIpc) is 2.76. The van der Waals surface area contributed by atoms with E-state index in [2.05, 4.69) is 41.5 Å². The predicted octanol–water partition coefficient (Wildman–Crippen LogP) is 13.1. The first-order valence-corrected chi connectivity index (χ1v) is 14.7. The highest BCUT2D eigenvalue weighted by Crippen LogP contribution is 2.09. The fourth-order valence-electron chi connectivity index (χ4n) is 3.62. The van der Waals surface area contributed by atoms with E-state index in [9.17, 15) is 0 Å². The second-order valence-corrected chi connectivity index (χ2v) is 9.36. The van der Waals surface area contributed by atoms with Gasteiger partial charge in [-0.25, -0.2) is 0 Å². The molecule has 0 aromatic heterocycles. The maximum Gasteiger partial charge on any atom is -0.0533 e.